The van der Waals surface area contributed by atoms with Gasteiger partial charge in [-0.25, -0.2) is 9.97 Å². The quantitative estimate of drug-likeness (QED) is 0.727. The van der Waals surface area contributed by atoms with Crippen LogP contribution in [-0.2, 0) is 6.54 Å². The molecule has 0 saturated heterocycles. The fraction of sp³-hybridized carbons (Fsp3) is 0.278. The van der Waals surface area contributed by atoms with E-state index in [1.54, 1.807) is 12.4 Å². The Morgan fingerprint density at radius 1 is 1.30 bits per heavy atom. The number of carbonyl (C=O) groups is 1. The molecular weight excluding hydrogens is 288 g/mol. The van der Waals surface area contributed by atoms with Gasteiger partial charge in [-0.05, 0) is 11.6 Å². The van der Waals surface area contributed by atoms with Gasteiger partial charge in [-0.15, -0.1) is 0 Å². The minimum atomic E-state index is -0.466. The Kier molecular flexibility index (Phi) is 3.74. The summed E-state index contributed by atoms with van der Waals surface area (Å²) in [5.41, 5.74) is 9.75. The van der Waals surface area contributed by atoms with Gasteiger partial charge in [0.1, 0.15) is 5.52 Å². The first-order valence-electron chi connectivity index (χ1n) is 7.58. The molecule has 0 amide bonds. The number of fused-ring (bicyclic) bond motifs is 1. The number of hydrogen-bond acceptors (Lipinski definition) is 4. The first-order chi connectivity index (χ1) is 10.9. The van der Waals surface area contributed by atoms with Crippen LogP contribution in [0.5, 0.6) is 0 Å². The SMILES string of the molecule is CC(C)(C)C(=O)c1c[nH]c2ncc(-c3cccc(CN)c3)nc12. The highest BCUT2D eigenvalue weighted by Gasteiger charge is 2.26. The van der Waals surface area contributed by atoms with Crippen molar-refractivity contribution >= 4 is 16.9 Å². The van der Waals surface area contributed by atoms with Crippen molar-refractivity contribution in [2.75, 3.05) is 0 Å². The van der Waals surface area contributed by atoms with Crippen molar-refractivity contribution < 1.29 is 4.79 Å². The molecule has 3 rings (SSSR count). The molecule has 0 fully saturated rings. The van der Waals surface area contributed by atoms with E-state index in [4.69, 9.17) is 5.73 Å². The summed E-state index contributed by atoms with van der Waals surface area (Å²) in [6, 6.07) is 7.88. The Morgan fingerprint density at radius 3 is 2.78 bits per heavy atom. The summed E-state index contributed by atoms with van der Waals surface area (Å²) in [5, 5.41) is 0. The molecule has 0 spiro atoms. The molecule has 0 unspecified atom stereocenters. The van der Waals surface area contributed by atoms with Gasteiger partial charge in [0.15, 0.2) is 11.4 Å². The number of nitrogens with one attached hydrogen (secondary N) is 1. The van der Waals surface area contributed by atoms with Crippen molar-refractivity contribution in [2.24, 2.45) is 11.1 Å². The third kappa shape index (κ3) is 2.87. The van der Waals surface area contributed by atoms with Crippen LogP contribution in [0.15, 0.2) is 36.7 Å². The Hall–Kier alpha value is -2.53. The van der Waals surface area contributed by atoms with Crippen LogP contribution >= 0.6 is 0 Å². The largest absolute Gasteiger partial charge is 0.344 e. The maximum absolute atomic E-state index is 12.6. The molecular formula is C18H20N4O. The maximum atomic E-state index is 12.6. The molecule has 2 heterocycles. The van der Waals surface area contributed by atoms with Gasteiger partial charge >= 0.3 is 0 Å². The average Bonchev–Trinajstić information content (AvgIpc) is 2.96. The van der Waals surface area contributed by atoms with Gasteiger partial charge in [-0.3, -0.25) is 4.79 Å². The van der Waals surface area contributed by atoms with E-state index in [9.17, 15) is 4.79 Å². The van der Waals surface area contributed by atoms with E-state index in [-0.39, 0.29) is 5.78 Å². The number of aromatic amines is 1. The van der Waals surface area contributed by atoms with Crippen LogP contribution < -0.4 is 5.73 Å². The molecule has 5 nitrogen and oxygen atoms in total. The minimum Gasteiger partial charge on any atom is -0.344 e. The van der Waals surface area contributed by atoms with Crippen LogP contribution in [0.4, 0.5) is 0 Å². The molecule has 2 aromatic heterocycles. The Balaban J connectivity index is 2.12. The molecule has 118 valence electrons. The molecule has 1 aromatic carbocycles. The predicted octanol–water partition coefficient (Wildman–Crippen LogP) is 3.31. The number of rotatable bonds is 3. The highest BCUT2D eigenvalue weighted by molar-refractivity contribution is 6.08. The highest BCUT2D eigenvalue weighted by Crippen LogP contribution is 2.27. The molecule has 0 bridgehead atoms. The summed E-state index contributed by atoms with van der Waals surface area (Å²) in [5.74, 6) is 0.0471. The summed E-state index contributed by atoms with van der Waals surface area (Å²) in [6.45, 7) is 6.17. The lowest BCUT2D eigenvalue weighted by molar-refractivity contribution is 0.0860. The molecule has 3 aromatic rings. The van der Waals surface area contributed by atoms with Crippen LogP contribution in [0.25, 0.3) is 22.4 Å². The van der Waals surface area contributed by atoms with Gasteiger partial charge in [0, 0.05) is 23.7 Å². The Morgan fingerprint density at radius 2 is 2.09 bits per heavy atom. The maximum Gasteiger partial charge on any atom is 0.171 e. The number of Topliss-reactive ketones (excluding diaryl/α,β-unsaturated/α-hetero) is 1. The van der Waals surface area contributed by atoms with E-state index in [1.165, 1.54) is 0 Å². The van der Waals surface area contributed by atoms with Gasteiger partial charge in [-0.1, -0.05) is 39.0 Å². The number of nitrogens with two attached hydrogens (primary N) is 1. The second-order valence-electron chi connectivity index (χ2n) is 6.64. The van der Waals surface area contributed by atoms with Crippen LogP contribution in [0, 0.1) is 5.41 Å². The van der Waals surface area contributed by atoms with Gasteiger partial charge < -0.3 is 10.7 Å². The third-order valence-corrected chi connectivity index (χ3v) is 3.77. The molecule has 5 heteroatoms. The van der Waals surface area contributed by atoms with Crippen molar-refractivity contribution in [3.63, 3.8) is 0 Å². The summed E-state index contributed by atoms with van der Waals surface area (Å²) >= 11 is 0. The van der Waals surface area contributed by atoms with E-state index < -0.39 is 5.41 Å². The van der Waals surface area contributed by atoms with E-state index in [0.717, 1.165) is 16.8 Å². The molecule has 0 aliphatic carbocycles. The van der Waals surface area contributed by atoms with Crippen LogP contribution in [0.2, 0.25) is 0 Å². The van der Waals surface area contributed by atoms with Crippen molar-refractivity contribution in [1.82, 2.24) is 15.0 Å². The zero-order valence-electron chi connectivity index (χ0n) is 13.6. The van der Waals surface area contributed by atoms with E-state index in [0.29, 0.717) is 23.3 Å². The lowest BCUT2D eigenvalue weighted by Gasteiger charge is -2.15. The fourth-order valence-electron chi connectivity index (χ4n) is 2.47. The van der Waals surface area contributed by atoms with E-state index >= 15 is 0 Å². The van der Waals surface area contributed by atoms with Gasteiger partial charge in [-0.2, -0.15) is 0 Å². The number of ketones is 1. The summed E-state index contributed by atoms with van der Waals surface area (Å²) in [7, 11) is 0. The lowest BCUT2D eigenvalue weighted by Crippen LogP contribution is -2.20. The van der Waals surface area contributed by atoms with E-state index in [2.05, 4.69) is 15.0 Å². The first kappa shape index (κ1) is 15.4. The van der Waals surface area contributed by atoms with Gasteiger partial charge in [0.2, 0.25) is 0 Å². The summed E-state index contributed by atoms with van der Waals surface area (Å²) in [4.78, 5) is 24.7. The number of carbonyl (C=O) groups excluding carboxylic acids is 1. The summed E-state index contributed by atoms with van der Waals surface area (Å²) in [6.07, 6.45) is 3.40. The van der Waals surface area contributed by atoms with Crippen molar-refractivity contribution in [3.05, 3.63) is 47.8 Å². The van der Waals surface area contributed by atoms with Crippen LogP contribution in [0.3, 0.4) is 0 Å². The van der Waals surface area contributed by atoms with E-state index in [1.807, 2.05) is 45.0 Å². The predicted molar refractivity (Wildman–Crippen MR) is 91.0 cm³/mol. The standard InChI is InChI=1S/C18H20N4O/c1-18(2,3)16(23)13-9-20-17-15(13)22-14(10-21-17)12-6-4-5-11(7-12)8-19/h4-7,9-10H,8,19H2,1-3H3,(H,20,21). The molecule has 23 heavy (non-hydrogen) atoms. The zero-order chi connectivity index (χ0) is 16.6. The number of nitrogens with zero attached hydrogens (tertiary/aromatic N) is 2. The number of benzene rings is 1. The molecule has 3 N–H and O–H groups in total. The smallest absolute Gasteiger partial charge is 0.171 e. The van der Waals surface area contributed by atoms with Gasteiger partial charge in [0.05, 0.1) is 17.5 Å². The summed E-state index contributed by atoms with van der Waals surface area (Å²) < 4.78 is 0. The lowest BCUT2D eigenvalue weighted by atomic mass is 9.87. The molecule has 0 aliphatic rings. The normalized spacial score (nSPS) is 11.8. The fourth-order valence-corrected chi connectivity index (χ4v) is 2.47. The highest BCUT2D eigenvalue weighted by atomic mass is 16.1. The molecule has 0 atom stereocenters. The second kappa shape index (κ2) is 5.59. The zero-order valence-corrected chi connectivity index (χ0v) is 13.6. The van der Waals surface area contributed by atoms with Crippen molar-refractivity contribution in [2.45, 2.75) is 27.3 Å². The topological polar surface area (TPSA) is 84.7 Å². The number of aromatic nitrogens is 3. The Labute approximate surface area is 135 Å². The van der Waals surface area contributed by atoms with Gasteiger partial charge in [0.25, 0.3) is 0 Å². The monoisotopic (exact) mass is 308 g/mol. The molecule has 0 saturated carbocycles. The van der Waals surface area contributed by atoms with Crippen LogP contribution in [-0.4, -0.2) is 20.7 Å². The third-order valence-electron chi connectivity index (χ3n) is 3.77. The number of hydrogen-bond donors (Lipinski definition) is 2. The number of H-pyrrole nitrogens is 1. The first-order valence-corrected chi connectivity index (χ1v) is 7.58. The molecule has 0 aliphatic heterocycles. The minimum absolute atomic E-state index is 0.0471. The van der Waals surface area contributed by atoms with Crippen molar-refractivity contribution in [1.29, 1.82) is 0 Å². The molecule has 0 radical (unpaired) electrons. The Bertz CT molecular complexity index is 874. The second-order valence-corrected chi connectivity index (χ2v) is 6.64. The van der Waals surface area contributed by atoms with Crippen molar-refractivity contribution in [3.8, 4) is 11.3 Å². The van der Waals surface area contributed by atoms with Crippen LogP contribution in [0.1, 0.15) is 36.7 Å². The average molecular weight is 308 g/mol.